The highest BCUT2D eigenvalue weighted by molar-refractivity contribution is 9.10. The van der Waals surface area contributed by atoms with E-state index in [1.807, 2.05) is 0 Å². The van der Waals surface area contributed by atoms with Crippen LogP contribution in [0.25, 0.3) is 0 Å². The monoisotopic (exact) mass is 438 g/mol. The Balaban J connectivity index is 2.41. The molecule has 0 aromatic heterocycles. The third kappa shape index (κ3) is 2.89. The molecule has 2 aliphatic heterocycles. The van der Waals surface area contributed by atoms with E-state index in [-0.39, 0.29) is 30.2 Å². The van der Waals surface area contributed by atoms with Crippen molar-refractivity contribution in [2.24, 2.45) is 0 Å². The molecule has 1 aromatic carbocycles. The van der Waals surface area contributed by atoms with Gasteiger partial charge in [-0.2, -0.15) is 0 Å². The number of carboxylic acid groups (broad SMARTS) is 2. The Bertz CT molecular complexity index is 922. The Morgan fingerprint density at radius 2 is 1.19 bits per heavy atom. The maximum atomic E-state index is 12.1. The Kier molecular flexibility index (Phi) is 4.56. The van der Waals surface area contributed by atoms with Gasteiger partial charge in [0.2, 0.25) is 23.6 Å². The molecule has 0 radical (unpaired) electrons. The van der Waals surface area contributed by atoms with Gasteiger partial charge in [-0.3, -0.25) is 19.2 Å². The van der Waals surface area contributed by atoms with Gasteiger partial charge in [0.1, 0.15) is 5.56 Å². The molecule has 1 aromatic rings. The van der Waals surface area contributed by atoms with Gasteiger partial charge in [0, 0.05) is 30.2 Å². The number of rotatable bonds is 4. The minimum atomic E-state index is -1.69. The van der Waals surface area contributed by atoms with Gasteiger partial charge in [0.05, 0.1) is 16.9 Å². The number of nitrogens with zero attached hydrogens (tertiary/aromatic N) is 2. The van der Waals surface area contributed by atoms with Gasteiger partial charge in [0.15, 0.2) is 0 Å². The third-order valence-corrected chi connectivity index (χ3v) is 4.83. The van der Waals surface area contributed by atoms with Crippen molar-refractivity contribution in [3.8, 4) is 0 Å². The largest absolute Gasteiger partial charge is 0.478 e. The molecule has 0 atom stereocenters. The maximum Gasteiger partial charge on any atom is 0.340 e. The normalized spacial score (nSPS) is 17.2. The standard InChI is InChI=1S/C16H11BrN2O8/c17-7-5-6(15(24)25)13(18-8(20)1-2-9(18)21)12(16(26)27)14(7)19-10(22)3-4-11(19)23/h5H,1-4H2,(H,24,25)(H,26,27). The van der Waals surface area contributed by atoms with Gasteiger partial charge < -0.3 is 10.2 Å². The van der Waals surface area contributed by atoms with Crippen LogP contribution in [0.15, 0.2) is 10.5 Å². The predicted octanol–water partition coefficient (Wildman–Crippen LogP) is 1.15. The van der Waals surface area contributed by atoms with E-state index < -0.39 is 58.1 Å². The van der Waals surface area contributed by atoms with E-state index in [0.717, 1.165) is 6.07 Å². The summed E-state index contributed by atoms with van der Waals surface area (Å²) in [5.41, 5.74) is -2.46. The zero-order chi connectivity index (χ0) is 20.0. The number of carbonyl (C=O) groups is 6. The summed E-state index contributed by atoms with van der Waals surface area (Å²) in [5, 5.41) is 19.2. The molecule has 140 valence electrons. The van der Waals surface area contributed by atoms with Crippen LogP contribution in [0.5, 0.6) is 0 Å². The van der Waals surface area contributed by atoms with Gasteiger partial charge in [-0.25, -0.2) is 19.4 Å². The van der Waals surface area contributed by atoms with Crippen LogP contribution in [0.4, 0.5) is 11.4 Å². The number of imide groups is 2. The molecular weight excluding hydrogens is 428 g/mol. The summed E-state index contributed by atoms with van der Waals surface area (Å²) in [6.45, 7) is 0. The van der Waals surface area contributed by atoms with Crippen molar-refractivity contribution in [3.63, 3.8) is 0 Å². The minimum absolute atomic E-state index is 0.135. The first-order valence-corrected chi connectivity index (χ1v) is 8.49. The van der Waals surface area contributed by atoms with Crippen molar-refractivity contribution < 1.29 is 39.0 Å². The van der Waals surface area contributed by atoms with E-state index in [9.17, 15) is 39.0 Å². The van der Waals surface area contributed by atoms with E-state index in [0.29, 0.717) is 9.80 Å². The summed E-state index contributed by atoms with van der Waals surface area (Å²) in [6, 6.07) is 0.969. The van der Waals surface area contributed by atoms with Gasteiger partial charge >= 0.3 is 11.9 Å². The molecule has 11 heteroatoms. The number of carbonyl (C=O) groups excluding carboxylic acids is 4. The number of aromatic carboxylic acids is 2. The molecule has 2 aliphatic rings. The third-order valence-electron chi connectivity index (χ3n) is 4.22. The lowest BCUT2D eigenvalue weighted by molar-refractivity contribution is -0.122. The Labute approximate surface area is 159 Å². The summed E-state index contributed by atoms with van der Waals surface area (Å²) < 4.78 is -0.135. The number of amides is 4. The van der Waals surface area contributed by atoms with Crippen LogP contribution in [-0.2, 0) is 19.2 Å². The van der Waals surface area contributed by atoms with E-state index >= 15 is 0 Å². The molecule has 27 heavy (non-hydrogen) atoms. The molecule has 0 aliphatic carbocycles. The highest BCUT2D eigenvalue weighted by atomic mass is 79.9. The number of benzene rings is 1. The van der Waals surface area contributed by atoms with E-state index in [4.69, 9.17) is 0 Å². The highest BCUT2D eigenvalue weighted by Crippen LogP contribution is 2.43. The molecule has 4 amide bonds. The fraction of sp³-hybridized carbons (Fsp3) is 0.250. The van der Waals surface area contributed by atoms with Crippen molar-refractivity contribution in [3.05, 3.63) is 21.7 Å². The molecule has 0 spiro atoms. The number of hydrogen-bond donors (Lipinski definition) is 2. The van der Waals surface area contributed by atoms with E-state index in [1.54, 1.807) is 0 Å². The fourth-order valence-electron chi connectivity index (χ4n) is 3.10. The smallest absolute Gasteiger partial charge is 0.340 e. The summed E-state index contributed by atoms with van der Waals surface area (Å²) >= 11 is 3.01. The van der Waals surface area contributed by atoms with Gasteiger partial charge in [-0.15, -0.1) is 0 Å². The molecule has 0 bridgehead atoms. The van der Waals surface area contributed by atoms with E-state index in [1.165, 1.54) is 0 Å². The number of hydrogen-bond acceptors (Lipinski definition) is 6. The van der Waals surface area contributed by atoms with Crippen molar-refractivity contribution in [2.45, 2.75) is 25.7 Å². The Morgan fingerprint density at radius 1 is 0.778 bits per heavy atom. The molecule has 3 rings (SSSR count). The number of halogens is 1. The molecule has 2 fully saturated rings. The zero-order valence-electron chi connectivity index (χ0n) is 13.5. The molecule has 2 saturated heterocycles. The molecule has 0 saturated carbocycles. The second-order valence-electron chi connectivity index (χ2n) is 5.83. The summed E-state index contributed by atoms with van der Waals surface area (Å²) in [6.07, 6.45) is -0.683. The Hall–Kier alpha value is -3.08. The van der Waals surface area contributed by atoms with Gasteiger partial charge in [-0.1, -0.05) is 0 Å². The van der Waals surface area contributed by atoms with Crippen LogP contribution < -0.4 is 9.80 Å². The summed E-state index contributed by atoms with van der Waals surface area (Å²) in [5.74, 6) is -6.14. The van der Waals surface area contributed by atoms with Crippen molar-refractivity contribution in [2.75, 3.05) is 9.80 Å². The second-order valence-corrected chi connectivity index (χ2v) is 6.69. The summed E-state index contributed by atoms with van der Waals surface area (Å²) in [7, 11) is 0. The van der Waals surface area contributed by atoms with E-state index in [2.05, 4.69) is 15.9 Å². The van der Waals surface area contributed by atoms with Crippen LogP contribution in [0.1, 0.15) is 46.4 Å². The van der Waals surface area contributed by atoms with Crippen molar-refractivity contribution in [1.29, 1.82) is 0 Å². The first-order valence-electron chi connectivity index (χ1n) is 7.69. The molecule has 2 heterocycles. The summed E-state index contributed by atoms with van der Waals surface area (Å²) in [4.78, 5) is 73.3. The Morgan fingerprint density at radius 3 is 1.56 bits per heavy atom. The van der Waals surface area contributed by atoms with Crippen LogP contribution in [0.2, 0.25) is 0 Å². The SMILES string of the molecule is O=C(O)c1cc(Br)c(N2C(=O)CCC2=O)c(C(=O)O)c1N1C(=O)CCC1=O. The zero-order valence-corrected chi connectivity index (χ0v) is 15.1. The average Bonchev–Trinajstić information content (AvgIpc) is 3.08. The van der Waals surface area contributed by atoms with Gasteiger partial charge in [-0.05, 0) is 22.0 Å². The molecule has 10 nitrogen and oxygen atoms in total. The van der Waals surface area contributed by atoms with Crippen LogP contribution in [-0.4, -0.2) is 45.8 Å². The van der Waals surface area contributed by atoms with Crippen LogP contribution >= 0.6 is 15.9 Å². The molecule has 2 N–H and O–H groups in total. The molecule has 0 unspecified atom stereocenters. The minimum Gasteiger partial charge on any atom is -0.478 e. The van der Waals surface area contributed by atoms with Crippen LogP contribution in [0, 0.1) is 0 Å². The lowest BCUT2D eigenvalue weighted by atomic mass is 10.0. The van der Waals surface area contributed by atoms with Crippen molar-refractivity contribution >= 4 is 62.9 Å². The lowest BCUT2D eigenvalue weighted by Gasteiger charge is -2.25. The second kappa shape index (κ2) is 6.58. The van der Waals surface area contributed by atoms with Crippen LogP contribution in [0.3, 0.4) is 0 Å². The lowest BCUT2D eigenvalue weighted by Crippen LogP contribution is -2.35. The highest BCUT2D eigenvalue weighted by Gasteiger charge is 2.42. The topological polar surface area (TPSA) is 149 Å². The number of carboxylic acids is 2. The number of anilines is 2. The first kappa shape index (κ1) is 18.7. The molecular formula is C16H11BrN2O8. The maximum absolute atomic E-state index is 12.1. The quantitative estimate of drug-likeness (QED) is 0.664. The predicted molar refractivity (Wildman–Crippen MR) is 91.5 cm³/mol. The first-order chi connectivity index (χ1) is 12.6. The van der Waals surface area contributed by atoms with Crippen molar-refractivity contribution in [1.82, 2.24) is 0 Å². The fourth-order valence-corrected chi connectivity index (χ4v) is 3.70. The average molecular weight is 439 g/mol. The van der Waals surface area contributed by atoms with Gasteiger partial charge in [0.25, 0.3) is 0 Å².